The monoisotopic (exact) mass is 418 g/mol. The zero-order valence-corrected chi connectivity index (χ0v) is 17.6. The first-order valence-corrected chi connectivity index (χ1v) is 11.1. The summed E-state index contributed by atoms with van der Waals surface area (Å²) in [5.74, 6) is 0.248. The van der Waals surface area contributed by atoms with E-state index in [0.717, 1.165) is 11.4 Å². The van der Waals surface area contributed by atoms with Crippen molar-refractivity contribution in [2.24, 2.45) is 0 Å². The third-order valence-electron chi connectivity index (χ3n) is 6.30. The normalized spacial score (nSPS) is 22.3. The summed E-state index contributed by atoms with van der Waals surface area (Å²) >= 11 is 5.76. The highest BCUT2D eigenvalue weighted by Crippen LogP contribution is 2.42. The molecule has 5 nitrogen and oxygen atoms in total. The molecular weight excluding hydrogens is 392 g/mol. The van der Waals surface area contributed by atoms with Gasteiger partial charge in [0.05, 0.1) is 17.8 Å². The summed E-state index contributed by atoms with van der Waals surface area (Å²) in [6.07, 6.45) is 12.8. The number of pyridine rings is 1. The highest BCUT2D eigenvalue weighted by atomic mass is 32.1. The zero-order valence-electron chi connectivity index (χ0n) is 16.8. The Morgan fingerprint density at radius 3 is 2.53 bits per heavy atom. The van der Waals surface area contributed by atoms with Crippen LogP contribution in [0, 0.1) is 0 Å². The van der Waals surface area contributed by atoms with Crippen molar-refractivity contribution in [1.82, 2.24) is 14.9 Å². The molecule has 6 heteroatoms. The quantitative estimate of drug-likeness (QED) is 0.565. The molecule has 1 saturated carbocycles. The van der Waals surface area contributed by atoms with E-state index in [1.807, 2.05) is 36.5 Å². The minimum atomic E-state index is -0.0466. The van der Waals surface area contributed by atoms with Gasteiger partial charge in [-0.05, 0) is 73.1 Å². The van der Waals surface area contributed by atoms with E-state index in [9.17, 15) is 5.11 Å². The first kappa shape index (κ1) is 19.1. The number of aromatic nitrogens is 2. The van der Waals surface area contributed by atoms with Gasteiger partial charge >= 0.3 is 0 Å². The molecule has 2 atom stereocenters. The maximum Gasteiger partial charge on any atom is 0.174 e. The standard InChI is InChI=1S/C24H26N4OS/c29-20-11-9-19(10-12-20)28-23(22(26-24(28)30)21-8-4-5-14-25-21)17-13-15-27(16-17)18-6-2-1-3-7-18/h4-5,8-16,18,22-23,29H,1-3,6-7H2,(H,26,30). The lowest BCUT2D eigenvalue weighted by atomic mass is 9.95. The molecular formula is C24H26N4OS. The minimum absolute atomic E-state index is 0.0122. The number of benzene rings is 1. The highest BCUT2D eigenvalue weighted by molar-refractivity contribution is 7.80. The molecule has 2 fully saturated rings. The molecule has 3 heterocycles. The van der Waals surface area contributed by atoms with Crippen molar-refractivity contribution in [3.8, 4) is 5.75 Å². The first-order chi connectivity index (χ1) is 14.7. The van der Waals surface area contributed by atoms with Crippen LogP contribution in [0.15, 0.2) is 67.1 Å². The second kappa shape index (κ2) is 8.11. The largest absolute Gasteiger partial charge is 0.508 e. The van der Waals surface area contributed by atoms with Gasteiger partial charge in [0.25, 0.3) is 0 Å². The van der Waals surface area contributed by atoms with Crippen LogP contribution < -0.4 is 10.2 Å². The Balaban J connectivity index is 1.54. The van der Waals surface area contributed by atoms with Crippen molar-refractivity contribution in [2.75, 3.05) is 4.90 Å². The summed E-state index contributed by atoms with van der Waals surface area (Å²) in [6, 6.07) is 16.0. The molecule has 1 aromatic carbocycles. The van der Waals surface area contributed by atoms with E-state index >= 15 is 0 Å². The molecule has 1 aliphatic carbocycles. The van der Waals surface area contributed by atoms with E-state index in [1.54, 1.807) is 12.1 Å². The predicted octanol–water partition coefficient (Wildman–Crippen LogP) is 5.27. The molecule has 0 radical (unpaired) electrons. The number of rotatable bonds is 4. The van der Waals surface area contributed by atoms with Gasteiger partial charge in [0.1, 0.15) is 5.75 Å². The summed E-state index contributed by atoms with van der Waals surface area (Å²) in [4.78, 5) is 6.76. The second-order valence-corrected chi connectivity index (χ2v) is 8.58. The van der Waals surface area contributed by atoms with Crippen LogP contribution in [-0.2, 0) is 0 Å². The summed E-state index contributed by atoms with van der Waals surface area (Å²) in [5, 5.41) is 13.9. The molecule has 2 aliphatic rings. The van der Waals surface area contributed by atoms with Crippen molar-refractivity contribution >= 4 is 23.0 Å². The molecule has 1 saturated heterocycles. The van der Waals surface area contributed by atoms with Crippen molar-refractivity contribution in [3.63, 3.8) is 0 Å². The van der Waals surface area contributed by atoms with Crippen molar-refractivity contribution < 1.29 is 5.11 Å². The van der Waals surface area contributed by atoms with E-state index in [1.165, 1.54) is 37.7 Å². The van der Waals surface area contributed by atoms with Gasteiger partial charge in [-0.1, -0.05) is 25.3 Å². The molecule has 2 unspecified atom stereocenters. The number of aromatic hydroxyl groups is 1. The molecule has 5 rings (SSSR count). The molecule has 0 bridgehead atoms. The minimum Gasteiger partial charge on any atom is -0.508 e. The Kier molecular flexibility index (Phi) is 5.17. The van der Waals surface area contributed by atoms with Gasteiger partial charge in [-0.3, -0.25) is 4.98 Å². The number of nitrogens with one attached hydrogen (secondary N) is 1. The van der Waals surface area contributed by atoms with E-state index in [-0.39, 0.29) is 17.8 Å². The lowest BCUT2D eigenvalue weighted by Gasteiger charge is -2.28. The maximum atomic E-state index is 9.75. The van der Waals surface area contributed by atoms with Gasteiger partial charge in [-0.2, -0.15) is 0 Å². The van der Waals surface area contributed by atoms with E-state index in [4.69, 9.17) is 12.2 Å². The van der Waals surface area contributed by atoms with Crippen LogP contribution in [0.25, 0.3) is 0 Å². The van der Waals surface area contributed by atoms with Crippen LogP contribution in [0.3, 0.4) is 0 Å². The lowest BCUT2D eigenvalue weighted by Crippen LogP contribution is -2.29. The Bertz CT molecular complexity index is 1010. The number of anilines is 1. The van der Waals surface area contributed by atoms with Gasteiger partial charge in [0.15, 0.2) is 5.11 Å². The molecule has 3 aromatic rings. The number of hydrogen-bond donors (Lipinski definition) is 2. The van der Waals surface area contributed by atoms with Gasteiger partial charge < -0.3 is 19.9 Å². The third-order valence-corrected chi connectivity index (χ3v) is 6.62. The SMILES string of the molecule is Oc1ccc(N2C(=S)NC(c3ccccn3)C2c2ccn(C3CCCCC3)c2)cc1. The number of phenols is 1. The molecule has 154 valence electrons. The van der Waals surface area contributed by atoms with Crippen LogP contribution in [0.5, 0.6) is 5.75 Å². The number of hydrogen-bond acceptors (Lipinski definition) is 3. The first-order valence-electron chi connectivity index (χ1n) is 10.7. The van der Waals surface area contributed by atoms with Crippen LogP contribution in [0.1, 0.15) is 61.5 Å². The molecule has 2 aromatic heterocycles. The summed E-state index contributed by atoms with van der Waals surface area (Å²) in [5.41, 5.74) is 3.15. The number of phenolic OH excluding ortho intramolecular Hbond substituents is 1. The van der Waals surface area contributed by atoms with E-state index < -0.39 is 0 Å². The van der Waals surface area contributed by atoms with E-state index in [2.05, 4.69) is 38.2 Å². The Hall–Kier alpha value is -2.86. The van der Waals surface area contributed by atoms with Crippen molar-refractivity contribution in [3.05, 3.63) is 78.4 Å². The number of thiocarbonyl (C=S) groups is 1. The average Bonchev–Trinajstić information content (AvgIpc) is 3.40. The fourth-order valence-corrected chi connectivity index (χ4v) is 5.14. The summed E-state index contributed by atoms with van der Waals surface area (Å²) in [7, 11) is 0. The Morgan fingerprint density at radius 2 is 1.80 bits per heavy atom. The van der Waals surface area contributed by atoms with Gasteiger partial charge in [0, 0.05) is 30.3 Å². The van der Waals surface area contributed by atoms with Crippen molar-refractivity contribution in [1.29, 1.82) is 0 Å². The van der Waals surface area contributed by atoms with Gasteiger partial charge in [-0.25, -0.2) is 0 Å². The average molecular weight is 419 g/mol. The van der Waals surface area contributed by atoms with Crippen LogP contribution in [-0.4, -0.2) is 19.8 Å². The Morgan fingerprint density at radius 1 is 1.00 bits per heavy atom. The molecule has 1 aliphatic heterocycles. The topological polar surface area (TPSA) is 53.3 Å². The molecule has 0 amide bonds. The third kappa shape index (κ3) is 3.56. The molecule has 0 spiro atoms. The van der Waals surface area contributed by atoms with Crippen molar-refractivity contribution in [2.45, 2.75) is 50.2 Å². The summed E-state index contributed by atoms with van der Waals surface area (Å²) in [6.45, 7) is 0. The highest BCUT2D eigenvalue weighted by Gasteiger charge is 2.41. The van der Waals surface area contributed by atoms with Crippen LogP contribution in [0.4, 0.5) is 5.69 Å². The zero-order chi connectivity index (χ0) is 20.5. The molecule has 30 heavy (non-hydrogen) atoms. The fourth-order valence-electron chi connectivity index (χ4n) is 4.80. The second-order valence-electron chi connectivity index (χ2n) is 8.20. The number of nitrogens with zero attached hydrogens (tertiary/aromatic N) is 3. The molecule has 2 N–H and O–H groups in total. The van der Waals surface area contributed by atoms with Crippen LogP contribution >= 0.6 is 12.2 Å². The fraction of sp³-hybridized carbons (Fsp3) is 0.333. The Labute approximate surface area is 182 Å². The maximum absolute atomic E-state index is 9.75. The van der Waals surface area contributed by atoms with E-state index in [0.29, 0.717) is 11.2 Å². The smallest absolute Gasteiger partial charge is 0.174 e. The lowest BCUT2D eigenvalue weighted by molar-refractivity contribution is 0.353. The summed E-state index contributed by atoms with van der Waals surface area (Å²) < 4.78 is 2.39. The van der Waals surface area contributed by atoms with Gasteiger partial charge in [-0.15, -0.1) is 0 Å². The van der Waals surface area contributed by atoms with Crippen LogP contribution in [0.2, 0.25) is 0 Å². The van der Waals surface area contributed by atoms with Gasteiger partial charge in [0.2, 0.25) is 0 Å². The predicted molar refractivity (Wildman–Crippen MR) is 123 cm³/mol.